The first-order chi connectivity index (χ1) is 10.1. The Kier molecular flexibility index (Phi) is 4.66. The predicted octanol–water partition coefficient (Wildman–Crippen LogP) is 3.64. The summed E-state index contributed by atoms with van der Waals surface area (Å²) in [5, 5.41) is 8.63. The molecule has 3 nitrogen and oxygen atoms in total. The Balaban J connectivity index is 2.16. The Bertz CT molecular complexity index is 681. The van der Waals surface area contributed by atoms with Gasteiger partial charge in [0.05, 0.1) is 0 Å². The first-order valence-corrected chi connectivity index (χ1v) is 6.13. The maximum Gasteiger partial charge on any atom is 0.328 e. The van der Waals surface area contributed by atoms with Gasteiger partial charge >= 0.3 is 5.97 Å². The highest BCUT2D eigenvalue weighted by Crippen LogP contribution is 2.20. The van der Waals surface area contributed by atoms with Crippen molar-refractivity contribution in [3.05, 3.63) is 71.3 Å². The zero-order chi connectivity index (χ0) is 15.2. The molecule has 0 fully saturated rings. The van der Waals surface area contributed by atoms with Crippen LogP contribution in [0.25, 0.3) is 6.08 Å². The summed E-state index contributed by atoms with van der Waals surface area (Å²) in [6.07, 6.45) is 2.42. The highest BCUT2D eigenvalue weighted by Gasteiger charge is 2.06. The quantitative estimate of drug-likeness (QED) is 0.855. The number of carboxylic acid groups (broad SMARTS) is 1. The van der Waals surface area contributed by atoms with E-state index in [2.05, 4.69) is 0 Å². The fourth-order valence-corrected chi connectivity index (χ4v) is 1.73. The van der Waals surface area contributed by atoms with E-state index in [0.29, 0.717) is 11.1 Å². The van der Waals surface area contributed by atoms with Crippen molar-refractivity contribution in [3.63, 3.8) is 0 Å². The molecule has 0 atom stereocenters. The molecule has 0 spiro atoms. The van der Waals surface area contributed by atoms with Gasteiger partial charge in [-0.3, -0.25) is 0 Å². The van der Waals surface area contributed by atoms with E-state index in [1.165, 1.54) is 6.08 Å². The zero-order valence-electron chi connectivity index (χ0n) is 10.9. The van der Waals surface area contributed by atoms with Gasteiger partial charge in [-0.25, -0.2) is 13.6 Å². The molecule has 0 saturated heterocycles. The van der Waals surface area contributed by atoms with Crippen molar-refractivity contribution in [2.24, 2.45) is 0 Å². The van der Waals surface area contributed by atoms with Crippen molar-refractivity contribution < 1.29 is 23.4 Å². The molecule has 0 radical (unpaired) electrons. The summed E-state index contributed by atoms with van der Waals surface area (Å²) in [5.74, 6) is -2.51. The number of aliphatic carboxylic acids is 1. The van der Waals surface area contributed by atoms with E-state index in [0.717, 1.165) is 24.3 Å². The van der Waals surface area contributed by atoms with E-state index < -0.39 is 17.6 Å². The Morgan fingerprint density at radius 1 is 1.19 bits per heavy atom. The first kappa shape index (κ1) is 14.7. The number of halogens is 2. The van der Waals surface area contributed by atoms with Crippen molar-refractivity contribution in [2.45, 2.75) is 6.61 Å². The predicted molar refractivity (Wildman–Crippen MR) is 73.8 cm³/mol. The molecule has 21 heavy (non-hydrogen) atoms. The number of carboxylic acids is 1. The molecular weight excluding hydrogens is 278 g/mol. The molecule has 0 aliphatic carbocycles. The fraction of sp³-hybridized carbons (Fsp3) is 0.0625. The molecule has 0 aliphatic heterocycles. The van der Waals surface area contributed by atoms with Crippen LogP contribution in [0.2, 0.25) is 0 Å². The minimum absolute atomic E-state index is 0.000502. The second kappa shape index (κ2) is 6.65. The van der Waals surface area contributed by atoms with Gasteiger partial charge in [0.2, 0.25) is 0 Å². The Morgan fingerprint density at radius 3 is 2.71 bits per heavy atom. The summed E-state index contributed by atoms with van der Waals surface area (Å²) in [6.45, 7) is 0.000502. The topological polar surface area (TPSA) is 46.5 Å². The van der Waals surface area contributed by atoms with Gasteiger partial charge in [0.25, 0.3) is 0 Å². The molecule has 0 aromatic heterocycles. The SMILES string of the molecule is O=C(O)C=Cc1ccccc1COc1cc(F)ccc1F. The Hall–Kier alpha value is -2.69. The number of ether oxygens (including phenoxy) is 1. The van der Waals surface area contributed by atoms with Gasteiger partial charge in [0, 0.05) is 12.1 Å². The van der Waals surface area contributed by atoms with E-state index in [1.54, 1.807) is 24.3 Å². The molecule has 2 rings (SSSR count). The highest BCUT2D eigenvalue weighted by molar-refractivity contribution is 5.85. The first-order valence-electron chi connectivity index (χ1n) is 6.13. The Morgan fingerprint density at radius 2 is 1.95 bits per heavy atom. The number of carbonyl (C=O) groups is 1. The van der Waals surface area contributed by atoms with Crippen LogP contribution in [0, 0.1) is 11.6 Å². The summed E-state index contributed by atoms with van der Waals surface area (Å²) in [5.41, 5.74) is 1.30. The minimum Gasteiger partial charge on any atom is -0.486 e. The largest absolute Gasteiger partial charge is 0.486 e. The molecule has 0 bridgehead atoms. The van der Waals surface area contributed by atoms with Crippen LogP contribution < -0.4 is 4.74 Å². The van der Waals surface area contributed by atoms with Gasteiger partial charge in [-0.1, -0.05) is 24.3 Å². The fourth-order valence-electron chi connectivity index (χ4n) is 1.73. The van der Waals surface area contributed by atoms with Crippen LogP contribution in [-0.4, -0.2) is 11.1 Å². The van der Waals surface area contributed by atoms with Gasteiger partial charge in [0.1, 0.15) is 12.4 Å². The lowest BCUT2D eigenvalue weighted by Crippen LogP contribution is -2.00. The van der Waals surface area contributed by atoms with Crippen LogP contribution in [0.15, 0.2) is 48.5 Å². The standard InChI is InChI=1S/C16H12F2O3/c17-13-6-7-14(18)15(9-13)21-10-12-4-2-1-3-11(12)5-8-16(19)20/h1-9H,10H2,(H,19,20). The van der Waals surface area contributed by atoms with Crippen molar-refractivity contribution in [1.82, 2.24) is 0 Å². The number of benzene rings is 2. The molecule has 2 aromatic rings. The maximum atomic E-state index is 13.4. The van der Waals surface area contributed by atoms with Crippen LogP contribution in [0.4, 0.5) is 8.78 Å². The van der Waals surface area contributed by atoms with Gasteiger partial charge in [0.15, 0.2) is 11.6 Å². The normalized spacial score (nSPS) is 10.8. The summed E-state index contributed by atoms with van der Waals surface area (Å²) in [7, 11) is 0. The zero-order valence-corrected chi connectivity index (χ0v) is 10.9. The summed E-state index contributed by atoms with van der Waals surface area (Å²) >= 11 is 0. The van der Waals surface area contributed by atoms with Crippen molar-refractivity contribution in [2.75, 3.05) is 0 Å². The van der Waals surface area contributed by atoms with E-state index in [9.17, 15) is 13.6 Å². The van der Waals surface area contributed by atoms with Crippen LogP contribution in [0.1, 0.15) is 11.1 Å². The lowest BCUT2D eigenvalue weighted by atomic mass is 10.1. The average molecular weight is 290 g/mol. The van der Waals surface area contributed by atoms with Crippen LogP contribution in [-0.2, 0) is 11.4 Å². The summed E-state index contributed by atoms with van der Waals surface area (Å²) < 4.78 is 31.7. The van der Waals surface area contributed by atoms with Crippen LogP contribution in [0.3, 0.4) is 0 Å². The molecule has 0 unspecified atom stereocenters. The summed E-state index contributed by atoms with van der Waals surface area (Å²) in [6, 6.07) is 9.88. The monoisotopic (exact) mass is 290 g/mol. The maximum absolute atomic E-state index is 13.4. The van der Waals surface area contributed by atoms with Crippen LogP contribution in [0.5, 0.6) is 5.75 Å². The van der Waals surface area contributed by atoms with E-state index >= 15 is 0 Å². The van der Waals surface area contributed by atoms with E-state index in [4.69, 9.17) is 9.84 Å². The van der Waals surface area contributed by atoms with Crippen molar-refractivity contribution >= 4 is 12.0 Å². The van der Waals surface area contributed by atoms with Gasteiger partial charge < -0.3 is 9.84 Å². The molecule has 0 saturated carbocycles. The van der Waals surface area contributed by atoms with E-state index in [-0.39, 0.29) is 12.4 Å². The number of rotatable bonds is 5. The molecule has 0 amide bonds. The molecule has 1 N–H and O–H groups in total. The summed E-state index contributed by atoms with van der Waals surface area (Å²) in [4.78, 5) is 10.5. The van der Waals surface area contributed by atoms with E-state index in [1.807, 2.05) is 0 Å². The van der Waals surface area contributed by atoms with Crippen molar-refractivity contribution in [3.8, 4) is 5.75 Å². The number of hydrogen-bond donors (Lipinski definition) is 1. The highest BCUT2D eigenvalue weighted by atomic mass is 19.1. The van der Waals surface area contributed by atoms with Gasteiger partial charge in [-0.2, -0.15) is 0 Å². The lowest BCUT2D eigenvalue weighted by Gasteiger charge is -2.09. The number of hydrogen-bond acceptors (Lipinski definition) is 2. The van der Waals surface area contributed by atoms with Gasteiger partial charge in [-0.15, -0.1) is 0 Å². The lowest BCUT2D eigenvalue weighted by molar-refractivity contribution is -0.131. The van der Waals surface area contributed by atoms with Gasteiger partial charge in [-0.05, 0) is 29.3 Å². The average Bonchev–Trinajstić information content (AvgIpc) is 2.47. The molecular formula is C16H12F2O3. The molecule has 108 valence electrons. The molecule has 0 aliphatic rings. The third-order valence-corrected chi connectivity index (χ3v) is 2.74. The van der Waals surface area contributed by atoms with Crippen LogP contribution >= 0.6 is 0 Å². The molecule has 5 heteroatoms. The third kappa shape index (κ3) is 4.14. The second-order valence-corrected chi connectivity index (χ2v) is 4.23. The second-order valence-electron chi connectivity index (χ2n) is 4.23. The molecule has 2 aromatic carbocycles. The van der Waals surface area contributed by atoms with Crippen molar-refractivity contribution in [1.29, 1.82) is 0 Å². The Labute approximate surface area is 120 Å². The smallest absolute Gasteiger partial charge is 0.328 e. The minimum atomic E-state index is -1.07. The molecule has 0 heterocycles. The third-order valence-electron chi connectivity index (χ3n) is 2.74.